The number of rotatable bonds is 6. The fourth-order valence-electron chi connectivity index (χ4n) is 2.52. The van der Waals surface area contributed by atoms with Crippen molar-refractivity contribution in [1.82, 2.24) is 15.1 Å². The van der Waals surface area contributed by atoms with Crippen molar-refractivity contribution in [2.45, 2.75) is 38.8 Å². The summed E-state index contributed by atoms with van der Waals surface area (Å²) in [5.41, 5.74) is 0. The zero-order valence-electron chi connectivity index (χ0n) is 11.7. The molecule has 3 heteroatoms. The number of nitrogens with one attached hydrogen (secondary N) is 1. The van der Waals surface area contributed by atoms with Gasteiger partial charge in [0.25, 0.3) is 0 Å². The Hall–Kier alpha value is -0.120. The number of likely N-dealkylation sites (tertiary alicyclic amines) is 1. The van der Waals surface area contributed by atoms with Crippen LogP contribution in [0.4, 0.5) is 0 Å². The highest BCUT2D eigenvalue weighted by Gasteiger charge is 2.26. The number of nitrogens with zero attached hydrogens (tertiary/aromatic N) is 2. The van der Waals surface area contributed by atoms with Crippen molar-refractivity contribution in [3.63, 3.8) is 0 Å². The van der Waals surface area contributed by atoms with Crippen LogP contribution in [0, 0.1) is 5.92 Å². The predicted molar refractivity (Wildman–Crippen MR) is 70.8 cm³/mol. The highest BCUT2D eigenvalue weighted by atomic mass is 15.2. The maximum atomic E-state index is 3.47. The first kappa shape index (κ1) is 13.9. The van der Waals surface area contributed by atoms with Crippen molar-refractivity contribution in [3.05, 3.63) is 0 Å². The summed E-state index contributed by atoms with van der Waals surface area (Å²) in [6.45, 7) is 8.33. The molecule has 1 rings (SSSR count). The summed E-state index contributed by atoms with van der Waals surface area (Å²) in [5.74, 6) is 0.767. The molecule has 0 amide bonds. The second kappa shape index (κ2) is 6.58. The second-order valence-electron chi connectivity index (χ2n) is 5.45. The van der Waals surface area contributed by atoms with Gasteiger partial charge in [-0.2, -0.15) is 0 Å². The van der Waals surface area contributed by atoms with Gasteiger partial charge in [0.15, 0.2) is 0 Å². The zero-order valence-corrected chi connectivity index (χ0v) is 11.7. The van der Waals surface area contributed by atoms with Gasteiger partial charge in [-0.05, 0) is 40.0 Å². The van der Waals surface area contributed by atoms with Gasteiger partial charge in [-0.1, -0.05) is 20.3 Å². The topological polar surface area (TPSA) is 18.5 Å². The molecule has 0 spiro atoms. The lowest BCUT2D eigenvalue weighted by molar-refractivity contribution is 0.229. The molecule has 1 aliphatic heterocycles. The van der Waals surface area contributed by atoms with Crippen LogP contribution in [0.3, 0.4) is 0 Å². The van der Waals surface area contributed by atoms with E-state index in [1.54, 1.807) is 0 Å². The molecule has 3 atom stereocenters. The van der Waals surface area contributed by atoms with Gasteiger partial charge < -0.3 is 15.1 Å². The Bertz CT molecular complexity index is 194. The molecular formula is C13H29N3. The quantitative estimate of drug-likeness (QED) is 0.737. The van der Waals surface area contributed by atoms with E-state index in [9.17, 15) is 0 Å². The van der Waals surface area contributed by atoms with Crippen LogP contribution in [-0.4, -0.2) is 62.7 Å². The Labute approximate surface area is 101 Å². The van der Waals surface area contributed by atoms with E-state index in [0.29, 0.717) is 6.04 Å². The minimum atomic E-state index is 0.644. The number of hydrogen-bond donors (Lipinski definition) is 1. The number of hydrogen-bond acceptors (Lipinski definition) is 3. The first-order valence-electron chi connectivity index (χ1n) is 6.64. The Morgan fingerprint density at radius 1 is 1.44 bits per heavy atom. The smallest absolute Gasteiger partial charge is 0.0229 e. The van der Waals surface area contributed by atoms with E-state index in [0.717, 1.165) is 12.0 Å². The Kier molecular flexibility index (Phi) is 5.73. The fourth-order valence-corrected chi connectivity index (χ4v) is 2.52. The average Bonchev–Trinajstić information content (AvgIpc) is 2.73. The summed E-state index contributed by atoms with van der Waals surface area (Å²) in [4.78, 5) is 4.97. The average molecular weight is 227 g/mol. The third-order valence-electron chi connectivity index (χ3n) is 4.13. The van der Waals surface area contributed by atoms with Crippen molar-refractivity contribution < 1.29 is 0 Å². The highest BCUT2D eigenvalue weighted by Crippen LogP contribution is 2.16. The van der Waals surface area contributed by atoms with E-state index in [1.165, 1.54) is 32.5 Å². The fraction of sp³-hybridized carbons (Fsp3) is 1.00. The summed E-state index contributed by atoms with van der Waals surface area (Å²) in [6.07, 6.45) is 2.58. The molecule has 1 N–H and O–H groups in total. The summed E-state index contributed by atoms with van der Waals surface area (Å²) in [5, 5.41) is 3.47. The molecule has 1 aliphatic rings. The largest absolute Gasteiger partial charge is 0.315 e. The lowest BCUT2D eigenvalue weighted by atomic mass is 9.99. The molecule has 0 radical (unpaired) electrons. The molecule has 0 saturated carbocycles. The molecule has 96 valence electrons. The lowest BCUT2D eigenvalue weighted by Gasteiger charge is -2.28. The molecule has 0 bridgehead atoms. The van der Waals surface area contributed by atoms with Crippen LogP contribution in [0.1, 0.15) is 26.7 Å². The van der Waals surface area contributed by atoms with Crippen LogP contribution >= 0.6 is 0 Å². The monoisotopic (exact) mass is 227 g/mol. The summed E-state index contributed by atoms with van der Waals surface area (Å²) in [6, 6.07) is 1.40. The van der Waals surface area contributed by atoms with Gasteiger partial charge in [0.05, 0.1) is 0 Å². The van der Waals surface area contributed by atoms with Crippen LogP contribution in [0.2, 0.25) is 0 Å². The molecular weight excluding hydrogens is 198 g/mol. The molecule has 3 nitrogen and oxygen atoms in total. The van der Waals surface area contributed by atoms with Gasteiger partial charge in [-0.3, -0.25) is 0 Å². The van der Waals surface area contributed by atoms with Crippen LogP contribution in [0.25, 0.3) is 0 Å². The second-order valence-corrected chi connectivity index (χ2v) is 5.45. The van der Waals surface area contributed by atoms with Gasteiger partial charge in [0.1, 0.15) is 0 Å². The van der Waals surface area contributed by atoms with E-state index < -0.39 is 0 Å². The molecule has 1 heterocycles. The van der Waals surface area contributed by atoms with Crippen molar-refractivity contribution >= 4 is 0 Å². The molecule has 16 heavy (non-hydrogen) atoms. The molecule has 1 saturated heterocycles. The van der Waals surface area contributed by atoms with Crippen LogP contribution in [-0.2, 0) is 0 Å². The van der Waals surface area contributed by atoms with E-state index >= 15 is 0 Å². The first-order chi connectivity index (χ1) is 7.58. The molecule has 1 fully saturated rings. The Morgan fingerprint density at radius 2 is 2.12 bits per heavy atom. The predicted octanol–water partition coefficient (Wildman–Crippen LogP) is 1.26. The summed E-state index contributed by atoms with van der Waals surface area (Å²) < 4.78 is 0. The van der Waals surface area contributed by atoms with Crippen molar-refractivity contribution in [1.29, 1.82) is 0 Å². The lowest BCUT2D eigenvalue weighted by Crippen LogP contribution is -2.43. The van der Waals surface area contributed by atoms with Gasteiger partial charge in [-0.15, -0.1) is 0 Å². The SMILES string of the molecule is CCC(C)C(CN1CCC(N(C)C)C1)NC. The summed E-state index contributed by atoms with van der Waals surface area (Å²) >= 11 is 0. The van der Waals surface area contributed by atoms with Crippen molar-refractivity contribution in [2.75, 3.05) is 40.8 Å². The van der Waals surface area contributed by atoms with E-state index in [1.807, 2.05) is 0 Å². The van der Waals surface area contributed by atoms with Gasteiger partial charge in [0.2, 0.25) is 0 Å². The number of likely N-dealkylation sites (N-methyl/N-ethyl adjacent to an activating group) is 2. The van der Waals surface area contributed by atoms with E-state index in [-0.39, 0.29) is 0 Å². The van der Waals surface area contributed by atoms with Gasteiger partial charge in [0, 0.05) is 25.2 Å². The van der Waals surface area contributed by atoms with Crippen molar-refractivity contribution in [2.24, 2.45) is 5.92 Å². The maximum absolute atomic E-state index is 3.47. The highest BCUT2D eigenvalue weighted by molar-refractivity contribution is 4.84. The molecule has 0 aromatic rings. The van der Waals surface area contributed by atoms with Gasteiger partial charge in [-0.25, -0.2) is 0 Å². The maximum Gasteiger partial charge on any atom is 0.0229 e. The molecule has 0 aromatic carbocycles. The first-order valence-corrected chi connectivity index (χ1v) is 6.64. The third-order valence-corrected chi connectivity index (χ3v) is 4.13. The molecule has 0 aliphatic carbocycles. The third kappa shape index (κ3) is 3.72. The van der Waals surface area contributed by atoms with Crippen molar-refractivity contribution in [3.8, 4) is 0 Å². The van der Waals surface area contributed by atoms with Crippen LogP contribution in [0.5, 0.6) is 0 Å². The van der Waals surface area contributed by atoms with Crippen LogP contribution in [0.15, 0.2) is 0 Å². The molecule has 0 aromatic heterocycles. The van der Waals surface area contributed by atoms with E-state index in [4.69, 9.17) is 0 Å². The Balaban J connectivity index is 2.37. The zero-order chi connectivity index (χ0) is 12.1. The minimum Gasteiger partial charge on any atom is -0.315 e. The normalized spacial score (nSPS) is 26.2. The summed E-state index contributed by atoms with van der Waals surface area (Å²) in [7, 11) is 6.48. The van der Waals surface area contributed by atoms with E-state index in [2.05, 4.69) is 50.1 Å². The standard InChI is InChI=1S/C13H29N3/c1-6-11(2)13(14-3)10-16-8-7-12(9-16)15(4)5/h11-14H,6-10H2,1-5H3. The van der Waals surface area contributed by atoms with Crippen LogP contribution < -0.4 is 5.32 Å². The molecule has 3 unspecified atom stereocenters. The van der Waals surface area contributed by atoms with Gasteiger partial charge >= 0.3 is 0 Å². The Morgan fingerprint density at radius 3 is 2.56 bits per heavy atom. The minimum absolute atomic E-state index is 0.644.